The average Bonchev–Trinajstić information content (AvgIpc) is 3.06. The van der Waals surface area contributed by atoms with Gasteiger partial charge in [0.15, 0.2) is 5.82 Å². The molecule has 7 nitrogen and oxygen atoms in total. The van der Waals surface area contributed by atoms with E-state index in [4.69, 9.17) is 0 Å². The van der Waals surface area contributed by atoms with Gasteiger partial charge in [-0.2, -0.15) is 0 Å². The zero-order valence-corrected chi connectivity index (χ0v) is 14.8. The summed E-state index contributed by atoms with van der Waals surface area (Å²) < 4.78 is 1.42. The highest BCUT2D eigenvalue weighted by Crippen LogP contribution is 2.23. The number of nitro benzene ring substituents is 1. The molecule has 28 heavy (non-hydrogen) atoms. The van der Waals surface area contributed by atoms with Gasteiger partial charge in [0.1, 0.15) is 0 Å². The van der Waals surface area contributed by atoms with Crippen LogP contribution in [0.1, 0.15) is 11.1 Å². The predicted molar refractivity (Wildman–Crippen MR) is 106 cm³/mol. The van der Waals surface area contributed by atoms with Gasteiger partial charge in [0.05, 0.1) is 10.6 Å². The van der Waals surface area contributed by atoms with Crippen molar-refractivity contribution in [2.24, 2.45) is 0 Å². The number of aromatic amines is 1. The normalized spacial score (nSPS) is 10.7. The van der Waals surface area contributed by atoms with Crippen LogP contribution in [0.25, 0.3) is 17.1 Å². The third kappa shape index (κ3) is 3.33. The second-order valence-corrected chi connectivity index (χ2v) is 6.26. The van der Waals surface area contributed by atoms with Gasteiger partial charge in [0.2, 0.25) is 0 Å². The van der Waals surface area contributed by atoms with Crippen LogP contribution in [0.4, 0.5) is 5.69 Å². The molecule has 0 aliphatic carbocycles. The van der Waals surface area contributed by atoms with Crippen molar-refractivity contribution in [3.8, 4) is 17.1 Å². The molecular formula is C21H16N4O3. The highest BCUT2D eigenvalue weighted by atomic mass is 16.6. The zero-order valence-electron chi connectivity index (χ0n) is 14.8. The molecular weight excluding hydrogens is 356 g/mol. The smallest absolute Gasteiger partial charge is 0.276 e. The predicted octanol–water partition coefficient (Wildman–Crippen LogP) is 3.73. The van der Waals surface area contributed by atoms with Crippen LogP contribution in [-0.4, -0.2) is 19.7 Å². The quantitative estimate of drug-likeness (QED) is 0.427. The first-order chi connectivity index (χ1) is 13.6. The van der Waals surface area contributed by atoms with Crippen molar-refractivity contribution in [1.82, 2.24) is 14.8 Å². The van der Waals surface area contributed by atoms with Gasteiger partial charge in [0.25, 0.3) is 11.2 Å². The molecule has 0 atom stereocenters. The monoisotopic (exact) mass is 372 g/mol. The van der Waals surface area contributed by atoms with E-state index in [1.165, 1.54) is 16.8 Å². The molecule has 7 heteroatoms. The number of nitro groups is 1. The van der Waals surface area contributed by atoms with E-state index in [9.17, 15) is 14.9 Å². The van der Waals surface area contributed by atoms with Crippen molar-refractivity contribution in [3.63, 3.8) is 0 Å². The number of non-ortho nitro benzene ring substituents is 1. The lowest BCUT2D eigenvalue weighted by atomic mass is 10.0. The summed E-state index contributed by atoms with van der Waals surface area (Å²) in [6, 6.07) is 21.2. The van der Waals surface area contributed by atoms with E-state index in [-0.39, 0.29) is 11.2 Å². The van der Waals surface area contributed by atoms with Crippen LogP contribution in [0.3, 0.4) is 0 Å². The van der Waals surface area contributed by atoms with Crippen LogP contribution in [-0.2, 0) is 6.42 Å². The molecule has 1 N–H and O–H groups in total. The molecule has 0 spiro atoms. The van der Waals surface area contributed by atoms with Gasteiger partial charge in [-0.25, -0.2) is 9.67 Å². The van der Waals surface area contributed by atoms with Crippen molar-refractivity contribution in [2.45, 2.75) is 6.42 Å². The SMILES string of the molecule is O=c1c(Cc2ccc([N+](=O)[O-])cc2)c(-c2ccccc2)[nH]n1-c1ccccn1. The number of H-pyrrole nitrogens is 1. The molecule has 0 aliphatic heterocycles. The van der Waals surface area contributed by atoms with Crippen molar-refractivity contribution in [2.75, 3.05) is 0 Å². The molecule has 0 aliphatic rings. The number of hydrogen-bond acceptors (Lipinski definition) is 4. The Bertz CT molecular complexity index is 1160. The van der Waals surface area contributed by atoms with Gasteiger partial charge in [-0.05, 0) is 23.3 Å². The maximum absolute atomic E-state index is 13.1. The summed E-state index contributed by atoms with van der Waals surface area (Å²) in [5.41, 5.74) is 2.79. The van der Waals surface area contributed by atoms with E-state index >= 15 is 0 Å². The number of rotatable bonds is 5. The molecule has 2 aromatic heterocycles. The molecule has 0 unspecified atom stereocenters. The van der Waals surface area contributed by atoms with Crippen LogP contribution in [0, 0.1) is 10.1 Å². The Morgan fingerprint density at radius 2 is 1.68 bits per heavy atom. The highest BCUT2D eigenvalue weighted by Gasteiger charge is 2.18. The van der Waals surface area contributed by atoms with Crippen molar-refractivity contribution < 1.29 is 4.92 Å². The number of nitrogens with zero attached hydrogens (tertiary/aromatic N) is 3. The van der Waals surface area contributed by atoms with E-state index in [1.807, 2.05) is 36.4 Å². The lowest BCUT2D eigenvalue weighted by Gasteiger charge is -2.03. The molecule has 138 valence electrons. The van der Waals surface area contributed by atoms with Crippen LogP contribution in [0.5, 0.6) is 0 Å². The number of aromatic nitrogens is 3. The summed E-state index contributed by atoms with van der Waals surface area (Å²) in [5.74, 6) is 0.500. The molecule has 0 fully saturated rings. The van der Waals surface area contributed by atoms with E-state index in [2.05, 4.69) is 10.1 Å². The van der Waals surface area contributed by atoms with Crippen molar-refractivity contribution in [3.05, 3.63) is 111 Å². The second kappa shape index (κ2) is 7.32. The highest BCUT2D eigenvalue weighted by molar-refractivity contribution is 5.63. The van der Waals surface area contributed by atoms with E-state index in [0.29, 0.717) is 23.5 Å². The minimum atomic E-state index is -0.441. The molecule has 4 rings (SSSR count). The number of benzene rings is 2. The van der Waals surface area contributed by atoms with Crippen LogP contribution in [0.15, 0.2) is 83.8 Å². The molecule has 0 amide bonds. The average molecular weight is 372 g/mol. The van der Waals surface area contributed by atoms with E-state index in [0.717, 1.165) is 11.1 Å². The second-order valence-electron chi connectivity index (χ2n) is 6.26. The fourth-order valence-electron chi connectivity index (χ4n) is 3.07. The molecule has 0 saturated heterocycles. The first kappa shape index (κ1) is 17.4. The van der Waals surface area contributed by atoms with Crippen LogP contribution >= 0.6 is 0 Å². The Labute approximate surface area is 160 Å². The summed E-state index contributed by atoms with van der Waals surface area (Å²) >= 11 is 0. The summed E-state index contributed by atoms with van der Waals surface area (Å²) in [6.07, 6.45) is 1.97. The minimum absolute atomic E-state index is 0.0204. The summed E-state index contributed by atoms with van der Waals surface area (Å²) in [6.45, 7) is 0. The van der Waals surface area contributed by atoms with Crippen molar-refractivity contribution >= 4 is 5.69 Å². The Kier molecular flexibility index (Phi) is 4.55. The third-order valence-corrected chi connectivity index (χ3v) is 4.46. The molecule has 0 saturated carbocycles. The Hall–Kier alpha value is -4.00. The Morgan fingerprint density at radius 3 is 2.32 bits per heavy atom. The fourth-order valence-corrected chi connectivity index (χ4v) is 3.07. The largest absolute Gasteiger partial charge is 0.289 e. The molecule has 4 aromatic rings. The Morgan fingerprint density at radius 1 is 0.964 bits per heavy atom. The van der Waals surface area contributed by atoms with Gasteiger partial charge in [0, 0.05) is 30.3 Å². The maximum Gasteiger partial charge on any atom is 0.276 e. The topological polar surface area (TPSA) is 93.8 Å². The van der Waals surface area contributed by atoms with Gasteiger partial charge in [-0.15, -0.1) is 0 Å². The van der Waals surface area contributed by atoms with E-state index in [1.54, 1.807) is 30.5 Å². The summed E-state index contributed by atoms with van der Waals surface area (Å²) in [4.78, 5) is 27.8. The third-order valence-electron chi connectivity index (χ3n) is 4.46. The number of nitrogens with one attached hydrogen (secondary N) is 1. The molecule has 2 aromatic carbocycles. The first-order valence-electron chi connectivity index (χ1n) is 8.67. The maximum atomic E-state index is 13.1. The molecule has 2 heterocycles. The fraction of sp³-hybridized carbons (Fsp3) is 0.0476. The van der Waals surface area contributed by atoms with Crippen molar-refractivity contribution in [1.29, 1.82) is 0 Å². The molecule has 0 radical (unpaired) electrons. The van der Waals surface area contributed by atoms with Crippen LogP contribution < -0.4 is 5.56 Å². The summed E-state index contributed by atoms with van der Waals surface area (Å²) in [7, 11) is 0. The Balaban J connectivity index is 1.81. The van der Waals surface area contributed by atoms with Gasteiger partial charge < -0.3 is 0 Å². The minimum Gasteiger partial charge on any atom is -0.289 e. The van der Waals surface area contributed by atoms with Gasteiger partial charge in [-0.3, -0.25) is 20.0 Å². The van der Waals surface area contributed by atoms with Gasteiger partial charge in [-0.1, -0.05) is 48.5 Å². The number of hydrogen-bond donors (Lipinski definition) is 1. The van der Waals surface area contributed by atoms with Gasteiger partial charge >= 0.3 is 0 Å². The first-order valence-corrected chi connectivity index (χ1v) is 8.67. The lowest BCUT2D eigenvalue weighted by Crippen LogP contribution is -2.18. The standard InChI is InChI=1S/C21H16N4O3/c26-21-18(14-15-9-11-17(12-10-15)25(27)28)20(16-6-2-1-3-7-16)23-24(21)19-8-4-5-13-22-19/h1-13,23H,14H2. The van der Waals surface area contributed by atoms with E-state index < -0.39 is 4.92 Å². The molecule has 0 bridgehead atoms. The zero-order chi connectivity index (χ0) is 19.5. The lowest BCUT2D eigenvalue weighted by molar-refractivity contribution is -0.384. The van der Waals surface area contributed by atoms with Crippen LogP contribution in [0.2, 0.25) is 0 Å². The summed E-state index contributed by atoms with van der Waals surface area (Å²) in [5, 5.41) is 14.0. The number of pyridine rings is 1.